The van der Waals surface area contributed by atoms with Crippen LogP contribution in [0.25, 0.3) is 44.5 Å². The van der Waals surface area contributed by atoms with E-state index in [2.05, 4.69) is 230 Å². The molecule has 0 aromatic heterocycles. The quantitative estimate of drug-likeness (QED) is 0.170. The zero-order chi connectivity index (χ0) is 38.4. The second-order valence-electron chi connectivity index (χ2n) is 16.1. The number of benzene rings is 9. The van der Waals surface area contributed by atoms with Crippen molar-refractivity contribution in [1.29, 1.82) is 0 Å². The standard InChI is InChI=1S/C57H39N/c1-56(40-19-6-3-7-20-40)48-25-12-8-21-43(48)46-36-35-42(37-53(46)56)58(41-33-31-39(32-34-41)38-17-4-2-5-18-38)54-30-16-29-52-55(54)47-24-11-15-28-51(47)57(52)49-26-13-9-22-44(49)45-23-10-14-27-50(45)57/h2-37H,1H3. The fourth-order valence-corrected chi connectivity index (χ4v) is 10.9. The van der Waals surface area contributed by atoms with Gasteiger partial charge in [0, 0.05) is 22.4 Å². The lowest BCUT2D eigenvalue weighted by Crippen LogP contribution is -2.26. The van der Waals surface area contributed by atoms with E-state index in [1.54, 1.807) is 0 Å². The van der Waals surface area contributed by atoms with Crippen molar-refractivity contribution in [2.75, 3.05) is 4.90 Å². The molecule has 0 saturated carbocycles. The van der Waals surface area contributed by atoms with Crippen molar-refractivity contribution in [1.82, 2.24) is 0 Å². The van der Waals surface area contributed by atoms with E-state index < -0.39 is 5.41 Å². The Labute approximate surface area is 340 Å². The molecule has 0 aliphatic heterocycles. The van der Waals surface area contributed by atoms with Crippen LogP contribution in [0, 0.1) is 0 Å². The second-order valence-corrected chi connectivity index (χ2v) is 16.1. The molecule has 0 fully saturated rings. The normalized spacial score (nSPS) is 15.9. The fourth-order valence-electron chi connectivity index (χ4n) is 10.9. The highest BCUT2D eigenvalue weighted by atomic mass is 15.1. The monoisotopic (exact) mass is 737 g/mol. The van der Waals surface area contributed by atoms with Crippen LogP contribution in [0.2, 0.25) is 0 Å². The highest BCUT2D eigenvalue weighted by molar-refractivity contribution is 6.01. The third-order valence-corrected chi connectivity index (χ3v) is 13.4. The van der Waals surface area contributed by atoms with Crippen molar-refractivity contribution in [2.24, 2.45) is 0 Å². The van der Waals surface area contributed by atoms with Crippen LogP contribution in [0.4, 0.5) is 17.1 Å². The first-order chi connectivity index (χ1) is 28.7. The van der Waals surface area contributed by atoms with Crippen LogP contribution in [0.3, 0.4) is 0 Å². The summed E-state index contributed by atoms with van der Waals surface area (Å²) < 4.78 is 0. The van der Waals surface area contributed by atoms with Gasteiger partial charge in [-0.2, -0.15) is 0 Å². The Balaban J connectivity index is 1.13. The third-order valence-electron chi connectivity index (χ3n) is 13.4. The molecule has 1 atom stereocenters. The molecule has 58 heavy (non-hydrogen) atoms. The lowest BCUT2D eigenvalue weighted by atomic mass is 9.70. The van der Waals surface area contributed by atoms with Gasteiger partial charge in [-0.1, -0.05) is 188 Å². The highest BCUT2D eigenvalue weighted by Gasteiger charge is 2.52. The number of fused-ring (bicyclic) bond motifs is 13. The van der Waals surface area contributed by atoms with Crippen molar-refractivity contribution in [3.05, 3.63) is 257 Å². The van der Waals surface area contributed by atoms with Gasteiger partial charge < -0.3 is 4.90 Å². The minimum Gasteiger partial charge on any atom is -0.310 e. The molecule has 0 amide bonds. The Bertz CT molecular complexity index is 3020. The summed E-state index contributed by atoms with van der Waals surface area (Å²) in [7, 11) is 0. The molecule has 1 heteroatoms. The lowest BCUT2D eigenvalue weighted by Gasteiger charge is -2.33. The molecule has 1 spiro atoms. The average molecular weight is 738 g/mol. The molecular weight excluding hydrogens is 699 g/mol. The van der Waals surface area contributed by atoms with Gasteiger partial charge in [0.25, 0.3) is 0 Å². The highest BCUT2D eigenvalue weighted by Crippen LogP contribution is 2.65. The topological polar surface area (TPSA) is 3.24 Å². The van der Waals surface area contributed by atoms with Gasteiger partial charge in [-0.05, 0) is 115 Å². The summed E-state index contributed by atoms with van der Waals surface area (Å²) >= 11 is 0. The Morgan fingerprint density at radius 2 is 0.793 bits per heavy atom. The first-order valence-corrected chi connectivity index (χ1v) is 20.4. The predicted molar refractivity (Wildman–Crippen MR) is 240 cm³/mol. The summed E-state index contributed by atoms with van der Waals surface area (Å²) in [5.41, 5.74) is 22.3. The summed E-state index contributed by atoms with van der Waals surface area (Å²) in [6, 6.07) is 81.3. The van der Waals surface area contributed by atoms with E-state index in [1.165, 1.54) is 89.1 Å². The van der Waals surface area contributed by atoms with Gasteiger partial charge in [0.05, 0.1) is 11.1 Å². The Morgan fingerprint density at radius 3 is 1.45 bits per heavy atom. The van der Waals surface area contributed by atoms with Gasteiger partial charge in [0.1, 0.15) is 0 Å². The molecule has 0 bridgehead atoms. The predicted octanol–water partition coefficient (Wildman–Crippen LogP) is 14.5. The van der Waals surface area contributed by atoms with Gasteiger partial charge in [0.2, 0.25) is 0 Å². The van der Waals surface area contributed by atoms with Gasteiger partial charge in [-0.25, -0.2) is 0 Å². The van der Waals surface area contributed by atoms with E-state index in [0.717, 1.165) is 11.4 Å². The van der Waals surface area contributed by atoms with Gasteiger partial charge in [-0.15, -0.1) is 0 Å². The zero-order valence-corrected chi connectivity index (χ0v) is 32.2. The fraction of sp³-hybridized carbons (Fsp3) is 0.0526. The molecule has 3 aliphatic carbocycles. The zero-order valence-electron chi connectivity index (χ0n) is 32.2. The molecule has 12 rings (SSSR count). The van der Waals surface area contributed by atoms with Gasteiger partial charge >= 0.3 is 0 Å². The molecule has 9 aromatic carbocycles. The maximum absolute atomic E-state index is 2.52. The van der Waals surface area contributed by atoms with E-state index in [4.69, 9.17) is 0 Å². The summed E-state index contributed by atoms with van der Waals surface area (Å²) in [5, 5.41) is 0. The van der Waals surface area contributed by atoms with Crippen molar-refractivity contribution in [2.45, 2.75) is 17.8 Å². The van der Waals surface area contributed by atoms with Crippen LogP contribution in [0.1, 0.15) is 45.9 Å². The van der Waals surface area contributed by atoms with Crippen molar-refractivity contribution in [3.8, 4) is 44.5 Å². The van der Waals surface area contributed by atoms with Crippen LogP contribution in [-0.4, -0.2) is 0 Å². The smallest absolute Gasteiger partial charge is 0.0726 e. The Hall–Kier alpha value is -7.22. The van der Waals surface area contributed by atoms with Crippen LogP contribution >= 0.6 is 0 Å². The van der Waals surface area contributed by atoms with Gasteiger partial charge in [0.15, 0.2) is 0 Å². The Morgan fingerprint density at radius 1 is 0.328 bits per heavy atom. The second kappa shape index (κ2) is 12.4. The number of anilines is 3. The number of nitrogens with zero attached hydrogens (tertiary/aromatic N) is 1. The van der Waals surface area contributed by atoms with Crippen molar-refractivity contribution < 1.29 is 0 Å². The van der Waals surface area contributed by atoms with E-state index in [1.807, 2.05) is 0 Å². The van der Waals surface area contributed by atoms with E-state index in [-0.39, 0.29) is 5.41 Å². The van der Waals surface area contributed by atoms with Crippen molar-refractivity contribution >= 4 is 17.1 Å². The Kier molecular flexibility index (Phi) is 7.04. The minimum atomic E-state index is -0.427. The molecular formula is C57H39N. The molecule has 3 aliphatic rings. The molecule has 0 saturated heterocycles. The molecule has 1 nitrogen and oxygen atoms in total. The van der Waals surface area contributed by atoms with Crippen LogP contribution < -0.4 is 4.90 Å². The number of hydrogen-bond donors (Lipinski definition) is 0. The first kappa shape index (κ1) is 33.0. The van der Waals surface area contributed by atoms with Crippen LogP contribution in [0.5, 0.6) is 0 Å². The van der Waals surface area contributed by atoms with Crippen molar-refractivity contribution in [3.63, 3.8) is 0 Å². The third kappa shape index (κ3) is 4.36. The maximum atomic E-state index is 2.52. The number of rotatable bonds is 5. The molecule has 1 unspecified atom stereocenters. The molecule has 0 N–H and O–H groups in total. The largest absolute Gasteiger partial charge is 0.310 e. The lowest BCUT2D eigenvalue weighted by molar-refractivity contribution is 0.714. The SMILES string of the molecule is CC1(c2ccccc2)c2ccccc2-c2ccc(N(c3ccc(-c4ccccc4)cc3)c3cccc4c3-c3ccccc3C43c4ccccc4-c4ccccc43)cc21. The molecule has 272 valence electrons. The molecule has 0 heterocycles. The van der Waals surface area contributed by atoms with E-state index in [9.17, 15) is 0 Å². The summed E-state index contributed by atoms with van der Waals surface area (Å²) in [6.07, 6.45) is 0. The number of hydrogen-bond acceptors (Lipinski definition) is 1. The van der Waals surface area contributed by atoms with E-state index in [0.29, 0.717) is 0 Å². The summed E-state index contributed by atoms with van der Waals surface area (Å²) in [4.78, 5) is 2.52. The van der Waals surface area contributed by atoms with Crippen LogP contribution in [0.15, 0.2) is 218 Å². The summed E-state index contributed by atoms with van der Waals surface area (Å²) in [5.74, 6) is 0. The maximum Gasteiger partial charge on any atom is 0.0726 e. The molecule has 9 aromatic rings. The van der Waals surface area contributed by atoms with E-state index >= 15 is 0 Å². The van der Waals surface area contributed by atoms with Crippen LogP contribution in [-0.2, 0) is 10.8 Å². The van der Waals surface area contributed by atoms with Gasteiger partial charge in [-0.3, -0.25) is 0 Å². The minimum absolute atomic E-state index is 0.321. The summed E-state index contributed by atoms with van der Waals surface area (Å²) in [6.45, 7) is 2.41. The average Bonchev–Trinajstić information content (AvgIpc) is 3.87. The molecule has 0 radical (unpaired) electrons. The first-order valence-electron chi connectivity index (χ1n) is 20.4.